The molecule has 0 aliphatic carbocycles. The molecule has 0 saturated heterocycles. The molecule has 0 aliphatic rings. The summed E-state index contributed by atoms with van der Waals surface area (Å²) in [6, 6.07) is 6.25. The van der Waals surface area contributed by atoms with Crippen molar-refractivity contribution < 1.29 is 9.13 Å². The minimum Gasteiger partial charge on any atom is -0.439 e. The molecular formula is C12H12FN3OS. The van der Waals surface area contributed by atoms with Crippen LogP contribution in [0.3, 0.4) is 0 Å². The Labute approximate surface area is 108 Å². The van der Waals surface area contributed by atoms with Crippen molar-refractivity contribution in [2.45, 2.75) is 11.6 Å². The lowest BCUT2D eigenvalue weighted by atomic mass is 10.2. The van der Waals surface area contributed by atoms with Gasteiger partial charge < -0.3 is 10.5 Å². The second-order valence-corrected chi connectivity index (χ2v) is 4.28. The van der Waals surface area contributed by atoms with E-state index in [1.54, 1.807) is 18.2 Å². The molecule has 0 amide bonds. The van der Waals surface area contributed by atoms with E-state index >= 15 is 0 Å². The normalized spacial score (nSPS) is 10.4. The summed E-state index contributed by atoms with van der Waals surface area (Å²) in [5.74, 6) is 0.388. The zero-order valence-electron chi connectivity index (χ0n) is 9.76. The number of nitrogens with zero attached hydrogens (tertiary/aromatic N) is 2. The maximum absolute atomic E-state index is 13.5. The Balaban J connectivity index is 2.20. The Morgan fingerprint density at radius 1 is 1.33 bits per heavy atom. The van der Waals surface area contributed by atoms with Crippen LogP contribution in [-0.2, 0) is 6.54 Å². The summed E-state index contributed by atoms with van der Waals surface area (Å²) < 4.78 is 19.0. The summed E-state index contributed by atoms with van der Waals surface area (Å²) in [5, 5.41) is 0.791. The van der Waals surface area contributed by atoms with E-state index in [0.29, 0.717) is 17.2 Å². The standard InChI is InChI=1S/C12H12FN3OS/c1-18-12-5-11(15-7-16-12)17-9-3-2-8(6-14)10(13)4-9/h2-5,7H,6,14H2,1H3. The van der Waals surface area contributed by atoms with Gasteiger partial charge in [-0.3, -0.25) is 0 Å². The van der Waals surface area contributed by atoms with Crippen LogP contribution in [0.5, 0.6) is 11.6 Å². The predicted molar refractivity (Wildman–Crippen MR) is 68.2 cm³/mol. The van der Waals surface area contributed by atoms with Gasteiger partial charge in [0.15, 0.2) is 0 Å². The monoisotopic (exact) mass is 265 g/mol. The fraction of sp³-hybridized carbons (Fsp3) is 0.167. The fourth-order valence-corrected chi connectivity index (χ4v) is 1.74. The number of aromatic nitrogens is 2. The van der Waals surface area contributed by atoms with E-state index in [1.807, 2.05) is 6.26 Å². The summed E-state index contributed by atoms with van der Waals surface area (Å²) in [6.07, 6.45) is 3.31. The Hall–Kier alpha value is -1.66. The van der Waals surface area contributed by atoms with Crippen molar-refractivity contribution in [2.75, 3.05) is 6.26 Å². The summed E-state index contributed by atoms with van der Waals surface area (Å²) in [4.78, 5) is 7.99. The molecule has 1 aromatic heterocycles. The first-order valence-corrected chi connectivity index (χ1v) is 6.48. The molecule has 0 unspecified atom stereocenters. The van der Waals surface area contributed by atoms with Gasteiger partial charge in [-0.15, -0.1) is 11.8 Å². The lowest BCUT2D eigenvalue weighted by Crippen LogP contribution is -1.99. The Morgan fingerprint density at radius 3 is 2.83 bits per heavy atom. The number of thioether (sulfide) groups is 1. The zero-order valence-corrected chi connectivity index (χ0v) is 10.6. The second-order valence-electron chi connectivity index (χ2n) is 3.46. The Morgan fingerprint density at radius 2 is 2.17 bits per heavy atom. The topological polar surface area (TPSA) is 61.0 Å². The van der Waals surface area contributed by atoms with Gasteiger partial charge in [0.1, 0.15) is 22.9 Å². The first-order chi connectivity index (χ1) is 8.72. The number of hydrogen-bond donors (Lipinski definition) is 1. The van der Waals surface area contributed by atoms with Crippen molar-refractivity contribution in [3.8, 4) is 11.6 Å². The first-order valence-electron chi connectivity index (χ1n) is 5.25. The number of benzene rings is 1. The van der Waals surface area contributed by atoms with Gasteiger partial charge >= 0.3 is 0 Å². The third kappa shape index (κ3) is 2.96. The quantitative estimate of drug-likeness (QED) is 0.680. The molecule has 2 N–H and O–H groups in total. The van der Waals surface area contributed by atoms with Gasteiger partial charge in [0.05, 0.1) is 0 Å². The smallest absolute Gasteiger partial charge is 0.223 e. The molecule has 0 saturated carbocycles. The molecule has 0 fully saturated rings. The Bertz CT molecular complexity index is 551. The van der Waals surface area contributed by atoms with Crippen LogP contribution in [0, 0.1) is 5.82 Å². The van der Waals surface area contributed by atoms with E-state index in [0.717, 1.165) is 5.03 Å². The molecule has 1 aromatic carbocycles. The SMILES string of the molecule is CSc1cc(Oc2ccc(CN)c(F)c2)ncn1. The van der Waals surface area contributed by atoms with E-state index in [-0.39, 0.29) is 12.4 Å². The summed E-state index contributed by atoms with van der Waals surface area (Å²) in [7, 11) is 0. The van der Waals surface area contributed by atoms with Crippen molar-refractivity contribution in [3.63, 3.8) is 0 Å². The lowest BCUT2D eigenvalue weighted by molar-refractivity contribution is 0.453. The summed E-state index contributed by atoms with van der Waals surface area (Å²) >= 11 is 1.48. The number of halogens is 1. The van der Waals surface area contributed by atoms with E-state index in [9.17, 15) is 4.39 Å². The number of rotatable bonds is 4. The molecule has 0 aliphatic heterocycles. The molecule has 0 radical (unpaired) electrons. The van der Waals surface area contributed by atoms with Crippen LogP contribution >= 0.6 is 11.8 Å². The minimum absolute atomic E-state index is 0.163. The highest BCUT2D eigenvalue weighted by Crippen LogP contribution is 2.23. The van der Waals surface area contributed by atoms with Gasteiger partial charge in [-0.25, -0.2) is 14.4 Å². The van der Waals surface area contributed by atoms with Crippen molar-refractivity contribution in [1.82, 2.24) is 9.97 Å². The van der Waals surface area contributed by atoms with Gasteiger partial charge in [-0.2, -0.15) is 0 Å². The average molecular weight is 265 g/mol. The molecule has 2 rings (SSSR count). The molecule has 2 aromatic rings. The highest BCUT2D eigenvalue weighted by Gasteiger charge is 2.05. The van der Waals surface area contributed by atoms with Crippen LogP contribution in [0.15, 0.2) is 35.6 Å². The number of ether oxygens (including phenoxy) is 1. The third-order valence-electron chi connectivity index (χ3n) is 2.29. The third-order valence-corrected chi connectivity index (χ3v) is 2.93. The van der Waals surface area contributed by atoms with Gasteiger partial charge in [-0.1, -0.05) is 6.07 Å². The number of hydrogen-bond acceptors (Lipinski definition) is 5. The first kappa shape index (κ1) is 12.8. The average Bonchev–Trinajstić information content (AvgIpc) is 2.39. The maximum Gasteiger partial charge on any atom is 0.223 e. The predicted octanol–water partition coefficient (Wildman–Crippen LogP) is 2.59. The van der Waals surface area contributed by atoms with E-state index in [1.165, 1.54) is 24.2 Å². The van der Waals surface area contributed by atoms with Gasteiger partial charge in [0, 0.05) is 24.2 Å². The van der Waals surface area contributed by atoms with Gasteiger partial charge in [0.2, 0.25) is 5.88 Å². The van der Waals surface area contributed by atoms with Gasteiger partial charge in [0.25, 0.3) is 0 Å². The van der Waals surface area contributed by atoms with Crippen molar-refractivity contribution >= 4 is 11.8 Å². The minimum atomic E-state index is -0.380. The largest absolute Gasteiger partial charge is 0.439 e. The molecule has 0 bridgehead atoms. The van der Waals surface area contributed by atoms with Crippen molar-refractivity contribution in [1.29, 1.82) is 0 Å². The highest BCUT2D eigenvalue weighted by molar-refractivity contribution is 7.98. The summed E-state index contributed by atoms with van der Waals surface area (Å²) in [5.41, 5.74) is 5.84. The lowest BCUT2D eigenvalue weighted by Gasteiger charge is -2.06. The molecule has 0 atom stereocenters. The van der Waals surface area contributed by atoms with Crippen LogP contribution < -0.4 is 10.5 Å². The molecule has 4 nitrogen and oxygen atoms in total. The van der Waals surface area contributed by atoms with Crippen LogP contribution in [0.25, 0.3) is 0 Å². The van der Waals surface area contributed by atoms with Crippen LogP contribution in [0.2, 0.25) is 0 Å². The van der Waals surface area contributed by atoms with E-state index < -0.39 is 0 Å². The van der Waals surface area contributed by atoms with E-state index in [2.05, 4.69) is 9.97 Å². The Kier molecular flexibility index (Phi) is 4.11. The molecular weight excluding hydrogens is 253 g/mol. The van der Waals surface area contributed by atoms with Crippen LogP contribution in [0.4, 0.5) is 4.39 Å². The van der Waals surface area contributed by atoms with E-state index in [4.69, 9.17) is 10.5 Å². The molecule has 6 heteroatoms. The highest BCUT2D eigenvalue weighted by atomic mass is 32.2. The van der Waals surface area contributed by atoms with Crippen molar-refractivity contribution in [3.05, 3.63) is 42.0 Å². The fourth-order valence-electron chi connectivity index (χ4n) is 1.37. The summed E-state index contributed by atoms with van der Waals surface area (Å²) in [6.45, 7) is 0.163. The molecule has 94 valence electrons. The molecule has 18 heavy (non-hydrogen) atoms. The van der Waals surface area contributed by atoms with Crippen LogP contribution in [0.1, 0.15) is 5.56 Å². The van der Waals surface area contributed by atoms with Crippen LogP contribution in [-0.4, -0.2) is 16.2 Å². The molecule has 1 heterocycles. The zero-order chi connectivity index (χ0) is 13.0. The van der Waals surface area contributed by atoms with Crippen molar-refractivity contribution in [2.24, 2.45) is 5.73 Å². The maximum atomic E-state index is 13.5. The second kappa shape index (κ2) is 5.79. The number of nitrogens with two attached hydrogens (primary N) is 1. The molecule has 0 spiro atoms. The van der Waals surface area contributed by atoms with Gasteiger partial charge in [-0.05, 0) is 12.3 Å².